The second-order valence-corrected chi connectivity index (χ2v) is 5.06. The van der Waals surface area contributed by atoms with Gasteiger partial charge in [0.2, 0.25) is 5.91 Å². The number of methoxy groups -OCH3 is 1. The smallest absolute Gasteiger partial charge is 0.328 e. The lowest BCUT2D eigenvalue weighted by Gasteiger charge is -2.21. The van der Waals surface area contributed by atoms with Crippen LogP contribution in [0.5, 0.6) is 0 Å². The van der Waals surface area contributed by atoms with Crippen molar-refractivity contribution in [2.45, 2.75) is 25.9 Å². The van der Waals surface area contributed by atoms with Crippen LogP contribution in [-0.4, -0.2) is 42.7 Å². The number of amides is 1. The predicted molar refractivity (Wildman–Crippen MR) is 63.0 cm³/mol. The van der Waals surface area contributed by atoms with Crippen molar-refractivity contribution in [3.05, 3.63) is 0 Å². The molecule has 6 heteroatoms. The molecule has 1 aliphatic rings. The number of hydrogen-bond acceptors (Lipinski definition) is 5. The summed E-state index contributed by atoms with van der Waals surface area (Å²) in [6.45, 7) is 3.75. The van der Waals surface area contributed by atoms with E-state index in [4.69, 9.17) is 0 Å². The van der Waals surface area contributed by atoms with Crippen LogP contribution in [-0.2, 0) is 14.3 Å². The lowest BCUT2D eigenvalue weighted by molar-refractivity contribution is -0.146. The average Bonchev–Trinajstić information content (AvgIpc) is 2.77. The van der Waals surface area contributed by atoms with E-state index in [0.29, 0.717) is 0 Å². The Kier molecular flexibility index (Phi) is 5.08. The van der Waals surface area contributed by atoms with Crippen LogP contribution in [0.2, 0.25) is 0 Å². The first-order valence-corrected chi connectivity index (χ1v) is 6.41. The van der Waals surface area contributed by atoms with Crippen molar-refractivity contribution in [3.63, 3.8) is 0 Å². The number of carbonyl (C=O) groups is 2. The van der Waals surface area contributed by atoms with Gasteiger partial charge in [0.05, 0.1) is 13.2 Å². The normalized spacial score (nSPS) is 21.9. The minimum atomic E-state index is -0.565. The molecule has 0 saturated carbocycles. The fourth-order valence-electron chi connectivity index (χ4n) is 1.44. The average molecular weight is 246 g/mol. The molecular weight excluding hydrogens is 228 g/mol. The largest absolute Gasteiger partial charge is 0.467 e. The second-order valence-electron chi connectivity index (χ2n) is 4.03. The summed E-state index contributed by atoms with van der Waals surface area (Å²) in [5.41, 5.74) is 0. The zero-order chi connectivity index (χ0) is 12.1. The number of nitrogens with one attached hydrogen (secondary N) is 2. The maximum atomic E-state index is 11.8. The van der Waals surface area contributed by atoms with Crippen LogP contribution in [0, 0.1) is 5.92 Å². The summed E-state index contributed by atoms with van der Waals surface area (Å²) in [7, 11) is 1.33. The van der Waals surface area contributed by atoms with Gasteiger partial charge in [-0.25, -0.2) is 4.79 Å². The molecule has 1 rings (SSSR count). The molecule has 0 bridgehead atoms. The van der Waals surface area contributed by atoms with Crippen molar-refractivity contribution in [2.24, 2.45) is 5.92 Å². The molecule has 0 aromatic heterocycles. The van der Waals surface area contributed by atoms with Crippen LogP contribution in [0.3, 0.4) is 0 Å². The van der Waals surface area contributed by atoms with Gasteiger partial charge in [-0.2, -0.15) is 0 Å². The van der Waals surface area contributed by atoms with Crippen LogP contribution < -0.4 is 10.6 Å². The molecule has 1 aliphatic heterocycles. The van der Waals surface area contributed by atoms with Crippen LogP contribution in [0.1, 0.15) is 13.8 Å². The first kappa shape index (κ1) is 13.3. The second kappa shape index (κ2) is 6.10. The molecule has 0 aromatic rings. The van der Waals surface area contributed by atoms with Gasteiger partial charge < -0.3 is 10.1 Å². The van der Waals surface area contributed by atoms with E-state index in [1.165, 1.54) is 7.11 Å². The summed E-state index contributed by atoms with van der Waals surface area (Å²) in [6.07, 6.45) is 0. The maximum absolute atomic E-state index is 11.8. The quantitative estimate of drug-likeness (QED) is 0.682. The van der Waals surface area contributed by atoms with Crippen molar-refractivity contribution in [2.75, 3.05) is 18.7 Å². The standard InChI is InChI=1S/C10H18N2O3S/c1-6(2)8(10(14)15-3)12-9(13)7-4-16-5-11-7/h6-8,11H,4-5H2,1-3H3,(H,12,13). The Morgan fingerprint density at radius 3 is 2.62 bits per heavy atom. The van der Waals surface area contributed by atoms with Crippen LogP contribution >= 0.6 is 11.8 Å². The van der Waals surface area contributed by atoms with E-state index < -0.39 is 12.0 Å². The van der Waals surface area contributed by atoms with Gasteiger partial charge in [0, 0.05) is 11.6 Å². The first-order valence-electron chi connectivity index (χ1n) is 5.25. The summed E-state index contributed by atoms with van der Waals surface area (Å²) >= 11 is 1.67. The van der Waals surface area contributed by atoms with Gasteiger partial charge in [0.15, 0.2) is 0 Å². The molecule has 1 heterocycles. The third-order valence-corrected chi connectivity index (χ3v) is 3.39. The summed E-state index contributed by atoms with van der Waals surface area (Å²) in [6, 6.07) is -0.763. The third-order valence-electron chi connectivity index (χ3n) is 2.45. The molecule has 92 valence electrons. The van der Waals surface area contributed by atoms with Crippen LogP contribution in [0.15, 0.2) is 0 Å². The fourth-order valence-corrected chi connectivity index (χ4v) is 2.38. The summed E-state index contributed by atoms with van der Waals surface area (Å²) in [5.74, 6) is 1.02. The molecule has 1 saturated heterocycles. The van der Waals surface area contributed by atoms with Crippen LogP contribution in [0.4, 0.5) is 0 Å². The van der Waals surface area contributed by atoms with E-state index in [2.05, 4.69) is 15.4 Å². The molecule has 2 N–H and O–H groups in total. The Balaban J connectivity index is 2.53. The van der Waals surface area contributed by atoms with Crippen molar-refractivity contribution in [1.29, 1.82) is 0 Å². The summed E-state index contributed by atoms with van der Waals surface area (Å²) < 4.78 is 4.66. The SMILES string of the molecule is COC(=O)C(NC(=O)C1CSCN1)C(C)C. The van der Waals surface area contributed by atoms with E-state index in [-0.39, 0.29) is 17.9 Å². The minimum Gasteiger partial charge on any atom is -0.467 e. The molecule has 0 aliphatic carbocycles. The van der Waals surface area contributed by atoms with Gasteiger partial charge in [-0.3, -0.25) is 10.1 Å². The summed E-state index contributed by atoms with van der Waals surface area (Å²) in [4.78, 5) is 23.2. The highest BCUT2D eigenvalue weighted by Crippen LogP contribution is 2.11. The molecule has 16 heavy (non-hydrogen) atoms. The third kappa shape index (κ3) is 3.38. The van der Waals surface area contributed by atoms with Gasteiger partial charge in [0.1, 0.15) is 6.04 Å². The highest BCUT2D eigenvalue weighted by molar-refractivity contribution is 7.99. The minimum absolute atomic E-state index is 0.0189. The highest BCUT2D eigenvalue weighted by Gasteiger charge is 2.29. The Labute approximate surface area is 99.7 Å². The molecule has 0 spiro atoms. The first-order chi connectivity index (χ1) is 7.56. The van der Waals surface area contributed by atoms with E-state index in [0.717, 1.165) is 11.6 Å². The molecule has 1 amide bonds. The number of esters is 1. The number of rotatable bonds is 4. The summed E-state index contributed by atoms with van der Waals surface area (Å²) in [5, 5.41) is 5.78. The molecule has 0 radical (unpaired) electrons. The Morgan fingerprint density at radius 1 is 1.50 bits per heavy atom. The molecule has 2 unspecified atom stereocenters. The topological polar surface area (TPSA) is 67.4 Å². The van der Waals surface area contributed by atoms with Gasteiger partial charge in [-0.15, -0.1) is 11.8 Å². The molecular formula is C10H18N2O3S. The van der Waals surface area contributed by atoms with Crippen molar-refractivity contribution in [3.8, 4) is 0 Å². The van der Waals surface area contributed by atoms with E-state index in [1.807, 2.05) is 13.8 Å². The molecule has 2 atom stereocenters. The number of hydrogen-bond donors (Lipinski definition) is 2. The predicted octanol–water partition coefficient (Wildman–Crippen LogP) is -0.0373. The number of ether oxygens (including phenoxy) is 1. The number of thioether (sulfide) groups is 1. The number of carbonyl (C=O) groups excluding carboxylic acids is 2. The van der Waals surface area contributed by atoms with Gasteiger partial charge >= 0.3 is 5.97 Å². The van der Waals surface area contributed by atoms with Crippen molar-refractivity contribution >= 4 is 23.6 Å². The van der Waals surface area contributed by atoms with Gasteiger partial charge in [0.25, 0.3) is 0 Å². The van der Waals surface area contributed by atoms with E-state index in [1.54, 1.807) is 11.8 Å². The van der Waals surface area contributed by atoms with E-state index in [9.17, 15) is 9.59 Å². The van der Waals surface area contributed by atoms with Crippen molar-refractivity contribution < 1.29 is 14.3 Å². The van der Waals surface area contributed by atoms with E-state index >= 15 is 0 Å². The van der Waals surface area contributed by atoms with Crippen molar-refractivity contribution in [1.82, 2.24) is 10.6 Å². The maximum Gasteiger partial charge on any atom is 0.328 e. The molecule has 5 nitrogen and oxygen atoms in total. The zero-order valence-corrected chi connectivity index (χ0v) is 10.6. The Hall–Kier alpha value is -0.750. The highest BCUT2D eigenvalue weighted by atomic mass is 32.2. The lowest BCUT2D eigenvalue weighted by atomic mass is 10.0. The monoisotopic (exact) mass is 246 g/mol. The van der Waals surface area contributed by atoms with Gasteiger partial charge in [-0.1, -0.05) is 13.8 Å². The molecule has 0 aromatic carbocycles. The Morgan fingerprint density at radius 2 is 2.19 bits per heavy atom. The zero-order valence-electron chi connectivity index (χ0n) is 9.78. The van der Waals surface area contributed by atoms with Gasteiger partial charge in [-0.05, 0) is 5.92 Å². The Bertz CT molecular complexity index is 265. The lowest BCUT2D eigenvalue weighted by Crippen LogP contribution is -2.51. The van der Waals surface area contributed by atoms with Crippen LogP contribution in [0.25, 0.3) is 0 Å². The fraction of sp³-hybridized carbons (Fsp3) is 0.800. The molecule has 1 fully saturated rings.